The van der Waals surface area contributed by atoms with E-state index in [-0.39, 0.29) is 29.5 Å². The van der Waals surface area contributed by atoms with Crippen molar-refractivity contribution in [3.63, 3.8) is 0 Å². The molecule has 0 bridgehead atoms. The fraction of sp³-hybridized carbons (Fsp3) is 0.176. The van der Waals surface area contributed by atoms with Crippen LogP contribution >= 0.6 is 0 Å². The third kappa shape index (κ3) is 7.09. The molecule has 1 aliphatic heterocycles. The van der Waals surface area contributed by atoms with Gasteiger partial charge in [0.05, 0.1) is 5.56 Å². The van der Waals surface area contributed by atoms with Crippen LogP contribution in [0.4, 0.5) is 23.2 Å². The maximum atomic E-state index is 13.2. The number of halogens is 4. The predicted molar refractivity (Wildman–Crippen MR) is 158 cm³/mol. The first-order valence-electron chi connectivity index (χ1n) is 14.1. The number of piperidine rings is 1. The SMILES string of the molecule is O=C(Nc1ccc2oc(C(=O)N3CCC(Oc4ccc(C(F)(F)F)cc4)CC3)cc2c1)c1ccc(Oc2ccc(F)cc2)cc1. The Bertz CT molecular complexity index is 1810. The Balaban J connectivity index is 1.03. The van der Waals surface area contributed by atoms with Crippen LogP contribution in [0.1, 0.15) is 39.3 Å². The molecule has 5 aromatic rings. The zero-order valence-corrected chi connectivity index (χ0v) is 23.6. The Morgan fingerprint density at radius 3 is 2.07 bits per heavy atom. The van der Waals surface area contributed by atoms with Crippen LogP contribution in [0.25, 0.3) is 11.0 Å². The molecule has 7 nitrogen and oxygen atoms in total. The summed E-state index contributed by atoms with van der Waals surface area (Å²) in [4.78, 5) is 27.6. The summed E-state index contributed by atoms with van der Waals surface area (Å²) in [5, 5.41) is 3.47. The van der Waals surface area contributed by atoms with E-state index in [0.29, 0.717) is 65.4 Å². The Morgan fingerprint density at radius 1 is 0.800 bits per heavy atom. The molecule has 230 valence electrons. The van der Waals surface area contributed by atoms with Gasteiger partial charge < -0.3 is 24.1 Å². The second kappa shape index (κ2) is 12.4. The molecule has 11 heteroatoms. The second-order valence-corrected chi connectivity index (χ2v) is 10.5. The van der Waals surface area contributed by atoms with Gasteiger partial charge in [0.25, 0.3) is 11.8 Å². The molecule has 45 heavy (non-hydrogen) atoms. The molecule has 0 aliphatic carbocycles. The Labute approximate surface area is 255 Å². The van der Waals surface area contributed by atoms with E-state index in [1.807, 2.05) is 0 Å². The van der Waals surface area contributed by atoms with Crippen LogP contribution in [0.5, 0.6) is 17.2 Å². The van der Waals surface area contributed by atoms with Gasteiger partial charge in [-0.25, -0.2) is 4.39 Å². The molecule has 1 saturated heterocycles. The zero-order chi connectivity index (χ0) is 31.6. The number of anilines is 1. The van der Waals surface area contributed by atoms with E-state index in [2.05, 4.69) is 5.32 Å². The van der Waals surface area contributed by atoms with Crippen LogP contribution in [0.2, 0.25) is 0 Å². The number of likely N-dealkylation sites (tertiary alicyclic amines) is 1. The van der Waals surface area contributed by atoms with Crippen molar-refractivity contribution in [1.29, 1.82) is 0 Å². The van der Waals surface area contributed by atoms with Gasteiger partial charge in [0.2, 0.25) is 0 Å². The first-order valence-corrected chi connectivity index (χ1v) is 14.1. The van der Waals surface area contributed by atoms with Gasteiger partial charge in [-0.3, -0.25) is 9.59 Å². The standard InChI is InChI=1S/C34H26F4N2O5/c35-24-5-12-28(13-6-24)43-26-8-1-21(2-9-26)32(41)39-25-7-14-30-22(19-25)20-31(45-30)33(42)40-17-15-29(16-18-40)44-27-10-3-23(4-11-27)34(36,37)38/h1-14,19-20,29H,15-18H2,(H,39,41). The van der Waals surface area contributed by atoms with Gasteiger partial charge >= 0.3 is 6.18 Å². The van der Waals surface area contributed by atoms with Gasteiger partial charge in [-0.15, -0.1) is 0 Å². The van der Waals surface area contributed by atoms with Crippen LogP contribution in [0.15, 0.2) is 101 Å². The molecule has 0 unspecified atom stereocenters. The van der Waals surface area contributed by atoms with Crippen LogP contribution in [-0.2, 0) is 6.18 Å². The number of furan rings is 1. The van der Waals surface area contributed by atoms with E-state index in [1.54, 1.807) is 53.4 Å². The third-order valence-electron chi connectivity index (χ3n) is 7.36. The summed E-state index contributed by atoms with van der Waals surface area (Å²) < 4.78 is 68.8. The lowest BCUT2D eigenvalue weighted by Gasteiger charge is -2.31. The maximum absolute atomic E-state index is 13.2. The highest BCUT2D eigenvalue weighted by molar-refractivity contribution is 6.05. The molecule has 1 fully saturated rings. The molecular formula is C34H26F4N2O5. The van der Waals surface area contributed by atoms with Crippen molar-refractivity contribution in [3.8, 4) is 17.2 Å². The predicted octanol–water partition coefficient (Wildman–Crippen LogP) is 8.32. The number of nitrogens with zero attached hydrogens (tertiary/aromatic N) is 1. The van der Waals surface area contributed by atoms with E-state index >= 15 is 0 Å². The molecule has 2 heterocycles. The van der Waals surface area contributed by atoms with Crippen LogP contribution < -0.4 is 14.8 Å². The molecule has 1 aromatic heterocycles. The minimum atomic E-state index is -4.41. The number of alkyl halides is 3. The molecular weight excluding hydrogens is 592 g/mol. The number of hydrogen-bond donors (Lipinski definition) is 1. The van der Waals surface area contributed by atoms with E-state index in [1.165, 1.54) is 36.4 Å². The van der Waals surface area contributed by atoms with Gasteiger partial charge in [-0.05, 0) is 97.1 Å². The quantitative estimate of drug-likeness (QED) is 0.186. The number of ether oxygens (including phenoxy) is 2. The number of hydrogen-bond acceptors (Lipinski definition) is 5. The summed E-state index contributed by atoms with van der Waals surface area (Å²) in [5.74, 6) is 0.474. The van der Waals surface area contributed by atoms with Crippen molar-refractivity contribution in [1.82, 2.24) is 4.90 Å². The Morgan fingerprint density at radius 2 is 1.42 bits per heavy atom. The van der Waals surface area contributed by atoms with Gasteiger partial charge in [-0.1, -0.05) is 0 Å². The summed E-state index contributed by atoms with van der Waals surface area (Å²) >= 11 is 0. The molecule has 0 spiro atoms. The number of rotatable bonds is 7. The zero-order valence-electron chi connectivity index (χ0n) is 23.6. The van der Waals surface area contributed by atoms with Crippen LogP contribution in [0.3, 0.4) is 0 Å². The Kier molecular flexibility index (Phi) is 8.16. The summed E-state index contributed by atoms with van der Waals surface area (Å²) in [5.41, 5.74) is 0.659. The number of carbonyl (C=O) groups excluding carboxylic acids is 2. The van der Waals surface area contributed by atoms with Crippen molar-refractivity contribution < 1.29 is 41.0 Å². The lowest BCUT2D eigenvalue weighted by atomic mass is 10.1. The topological polar surface area (TPSA) is 81.0 Å². The summed E-state index contributed by atoms with van der Waals surface area (Å²) in [6.45, 7) is 0.798. The van der Waals surface area contributed by atoms with E-state index in [0.717, 1.165) is 12.1 Å². The molecule has 0 atom stereocenters. The van der Waals surface area contributed by atoms with Crippen molar-refractivity contribution in [2.24, 2.45) is 0 Å². The highest BCUT2D eigenvalue weighted by atomic mass is 19.4. The van der Waals surface area contributed by atoms with Crippen molar-refractivity contribution in [2.45, 2.75) is 25.1 Å². The minimum absolute atomic E-state index is 0.160. The van der Waals surface area contributed by atoms with Crippen molar-refractivity contribution in [2.75, 3.05) is 18.4 Å². The highest BCUT2D eigenvalue weighted by Gasteiger charge is 2.31. The Hall–Kier alpha value is -5.32. The largest absolute Gasteiger partial charge is 0.490 e. The maximum Gasteiger partial charge on any atom is 0.416 e. The molecule has 2 amide bonds. The fourth-order valence-corrected chi connectivity index (χ4v) is 4.99. The number of amides is 2. The lowest BCUT2D eigenvalue weighted by Crippen LogP contribution is -2.41. The summed E-state index contributed by atoms with van der Waals surface area (Å²) in [6.07, 6.45) is -3.61. The van der Waals surface area contributed by atoms with Crippen LogP contribution in [0, 0.1) is 5.82 Å². The lowest BCUT2D eigenvalue weighted by molar-refractivity contribution is -0.137. The first kappa shape index (κ1) is 29.7. The van der Waals surface area contributed by atoms with E-state index in [9.17, 15) is 27.2 Å². The highest BCUT2D eigenvalue weighted by Crippen LogP contribution is 2.31. The smallest absolute Gasteiger partial charge is 0.416 e. The fourth-order valence-electron chi connectivity index (χ4n) is 4.99. The van der Waals surface area contributed by atoms with Gasteiger partial charge in [-0.2, -0.15) is 13.2 Å². The average molecular weight is 619 g/mol. The molecule has 6 rings (SSSR count). The average Bonchev–Trinajstić information content (AvgIpc) is 3.46. The van der Waals surface area contributed by atoms with E-state index < -0.39 is 11.7 Å². The third-order valence-corrected chi connectivity index (χ3v) is 7.36. The van der Waals surface area contributed by atoms with Crippen molar-refractivity contribution in [3.05, 3.63) is 120 Å². The minimum Gasteiger partial charge on any atom is -0.490 e. The second-order valence-electron chi connectivity index (χ2n) is 10.5. The summed E-state index contributed by atoms with van der Waals surface area (Å²) in [6, 6.07) is 23.4. The number of nitrogens with one attached hydrogen (secondary N) is 1. The van der Waals surface area contributed by atoms with Crippen molar-refractivity contribution >= 4 is 28.5 Å². The molecule has 0 saturated carbocycles. The van der Waals surface area contributed by atoms with Crippen LogP contribution in [-0.4, -0.2) is 35.9 Å². The van der Waals surface area contributed by atoms with Gasteiger partial charge in [0, 0.05) is 42.6 Å². The number of fused-ring (bicyclic) bond motifs is 1. The van der Waals surface area contributed by atoms with E-state index in [4.69, 9.17) is 13.9 Å². The first-order chi connectivity index (χ1) is 21.6. The number of carbonyl (C=O) groups is 2. The molecule has 1 aliphatic rings. The normalized spacial score (nSPS) is 13.9. The van der Waals surface area contributed by atoms with Gasteiger partial charge in [0.1, 0.15) is 34.8 Å². The van der Waals surface area contributed by atoms with Gasteiger partial charge in [0.15, 0.2) is 5.76 Å². The monoisotopic (exact) mass is 618 g/mol. The number of benzene rings is 4. The molecule has 1 N–H and O–H groups in total. The molecule has 0 radical (unpaired) electrons. The summed E-state index contributed by atoms with van der Waals surface area (Å²) in [7, 11) is 0. The molecule has 4 aromatic carbocycles.